The predicted octanol–water partition coefficient (Wildman–Crippen LogP) is 3.38. The van der Waals surface area contributed by atoms with Crippen molar-refractivity contribution < 1.29 is 31.9 Å². The molecule has 0 radical (unpaired) electrons. The first kappa shape index (κ1) is 29.7. The van der Waals surface area contributed by atoms with E-state index < -0.39 is 53.2 Å². The highest BCUT2D eigenvalue weighted by Gasteiger charge is 2.34. The lowest BCUT2D eigenvalue weighted by Gasteiger charge is -2.30. The van der Waals surface area contributed by atoms with Gasteiger partial charge in [0.2, 0.25) is 5.91 Å². The Labute approximate surface area is 231 Å². The zero-order chi connectivity index (χ0) is 29.7. The Kier molecular flexibility index (Phi) is 9.37. The zero-order valence-corrected chi connectivity index (χ0v) is 22.3. The number of amides is 2. The number of allylic oxidation sites excluding steroid dienone is 1. The number of carbonyl (C=O) groups excluding carboxylic acids is 2. The van der Waals surface area contributed by atoms with E-state index in [0.29, 0.717) is 6.54 Å². The van der Waals surface area contributed by atoms with Crippen molar-refractivity contribution in [1.29, 1.82) is 0 Å². The van der Waals surface area contributed by atoms with Crippen molar-refractivity contribution in [3.05, 3.63) is 75.8 Å². The molecule has 2 atom stereocenters. The molecule has 3 heterocycles. The standard InChI is InChI=1S/C26H29F4N7O4/c1-3-36-19(8-9-32-36)25(39)34-21(14-4-6-15(7-5-14)22(28)29)26(40)33-18-12-37(35-23(18)30)20(13-41-2)17-10-16(27)11-31-24(17)38/h8-12,14,20-21H,3-7,13H2,1-2H3,(H,31,38)(H,33,40)(H,34,39). The summed E-state index contributed by atoms with van der Waals surface area (Å²) in [6.45, 7) is 2.00. The molecule has 3 aromatic heterocycles. The third-order valence-corrected chi connectivity index (χ3v) is 7.03. The second-order valence-electron chi connectivity index (χ2n) is 9.56. The SMILES string of the molecule is CCn1nccc1C(=O)NC(C(=O)Nc1cn(C(COC)c2cc(F)c[nH]c2=O)nc1F)C1CCC(=C(F)F)CC1. The summed E-state index contributed by atoms with van der Waals surface area (Å²) in [5.41, 5.74) is -0.902. The molecule has 0 spiro atoms. The maximum Gasteiger partial charge on any atom is 0.270 e. The van der Waals surface area contributed by atoms with Crippen molar-refractivity contribution in [1.82, 2.24) is 29.9 Å². The summed E-state index contributed by atoms with van der Waals surface area (Å²) in [6, 6.07) is 0.208. The van der Waals surface area contributed by atoms with Crippen LogP contribution in [0.1, 0.15) is 54.7 Å². The number of methoxy groups -OCH3 is 1. The van der Waals surface area contributed by atoms with Gasteiger partial charge in [0.05, 0.1) is 12.8 Å². The molecule has 2 unspecified atom stereocenters. The van der Waals surface area contributed by atoms with E-state index >= 15 is 0 Å². The van der Waals surface area contributed by atoms with Crippen molar-refractivity contribution >= 4 is 17.5 Å². The van der Waals surface area contributed by atoms with Crippen molar-refractivity contribution in [3.8, 4) is 0 Å². The zero-order valence-electron chi connectivity index (χ0n) is 22.3. The van der Waals surface area contributed by atoms with Crippen molar-refractivity contribution in [2.24, 2.45) is 5.92 Å². The molecule has 3 N–H and O–H groups in total. The van der Waals surface area contributed by atoms with Crippen LogP contribution in [0, 0.1) is 17.7 Å². The second kappa shape index (κ2) is 12.9. The van der Waals surface area contributed by atoms with E-state index in [9.17, 15) is 31.9 Å². The van der Waals surface area contributed by atoms with Crippen LogP contribution in [0.3, 0.4) is 0 Å². The van der Waals surface area contributed by atoms with Crippen LogP contribution in [0.15, 0.2) is 47.2 Å². The molecule has 0 saturated heterocycles. The minimum atomic E-state index is -1.75. The lowest BCUT2D eigenvalue weighted by Crippen LogP contribution is -2.49. The summed E-state index contributed by atoms with van der Waals surface area (Å²) >= 11 is 0. The third kappa shape index (κ3) is 6.73. The van der Waals surface area contributed by atoms with Crippen LogP contribution in [-0.4, -0.2) is 56.1 Å². The lowest BCUT2D eigenvalue weighted by atomic mass is 9.81. The molecule has 220 valence electrons. The van der Waals surface area contributed by atoms with Crippen LogP contribution >= 0.6 is 0 Å². The molecular weight excluding hydrogens is 550 g/mol. The molecule has 41 heavy (non-hydrogen) atoms. The first-order valence-corrected chi connectivity index (χ1v) is 12.9. The minimum absolute atomic E-state index is 0.000337. The number of aryl methyl sites for hydroxylation is 1. The minimum Gasteiger partial charge on any atom is -0.382 e. The quantitative estimate of drug-likeness (QED) is 0.315. The van der Waals surface area contributed by atoms with E-state index in [1.54, 1.807) is 6.92 Å². The molecule has 0 aromatic carbocycles. The molecule has 3 aromatic rings. The van der Waals surface area contributed by atoms with Gasteiger partial charge < -0.3 is 20.4 Å². The molecular formula is C26H29F4N7O4. The van der Waals surface area contributed by atoms with Gasteiger partial charge in [-0.3, -0.25) is 23.7 Å². The number of H-pyrrole nitrogens is 1. The highest BCUT2D eigenvalue weighted by molar-refractivity contribution is 6.00. The Morgan fingerprint density at radius 3 is 2.63 bits per heavy atom. The number of aromatic amines is 1. The van der Waals surface area contributed by atoms with Gasteiger partial charge in [-0.05, 0) is 56.2 Å². The molecule has 0 bridgehead atoms. The predicted molar refractivity (Wildman–Crippen MR) is 138 cm³/mol. The van der Waals surface area contributed by atoms with E-state index in [4.69, 9.17) is 4.74 Å². The largest absolute Gasteiger partial charge is 0.382 e. The van der Waals surface area contributed by atoms with Gasteiger partial charge in [-0.1, -0.05) is 0 Å². The number of hydrogen-bond acceptors (Lipinski definition) is 6. The first-order chi connectivity index (χ1) is 19.6. The highest BCUT2D eigenvalue weighted by Crippen LogP contribution is 2.33. The number of anilines is 1. The summed E-state index contributed by atoms with van der Waals surface area (Å²) in [6.07, 6.45) is 2.15. The Morgan fingerprint density at radius 1 is 1.24 bits per heavy atom. The Bertz CT molecular complexity index is 1480. The second-order valence-corrected chi connectivity index (χ2v) is 9.56. The Morgan fingerprint density at radius 2 is 1.98 bits per heavy atom. The number of hydrogen-bond donors (Lipinski definition) is 3. The molecule has 0 aliphatic heterocycles. The number of nitrogens with zero attached hydrogens (tertiary/aromatic N) is 4. The monoisotopic (exact) mass is 579 g/mol. The van der Waals surface area contributed by atoms with Gasteiger partial charge in [-0.2, -0.15) is 18.3 Å². The van der Waals surface area contributed by atoms with Crippen molar-refractivity contribution in [2.75, 3.05) is 19.0 Å². The van der Waals surface area contributed by atoms with Crippen LogP contribution < -0.4 is 16.2 Å². The molecule has 2 amide bonds. The molecule has 15 heteroatoms. The lowest BCUT2D eigenvalue weighted by molar-refractivity contribution is -0.119. The summed E-state index contributed by atoms with van der Waals surface area (Å²) in [4.78, 5) is 41.1. The number of nitrogens with one attached hydrogen (secondary N) is 3. The number of halogens is 4. The fourth-order valence-corrected chi connectivity index (χ4v) is 4.91. The van der Waals surface area contributed by atoms with Crippen LogP contribution in [0.4, 0.5) is 23.2 Å². The fraction of sp³-hybridized carbons (Fsp3) is 0.423. The van der Waals surface area contributed by atoms with Gasteiger partial charge >= 0.3 is 0 Å². The average Bonchev–Trinajstić information content (AvgIpc) is 3.58. The summed E-state index contributed by atoms with van der Waals surface area (Å²) in [7, 11) is 1.33. The van der Waals surface area contributed by atoms with Crippen molar-refractivity contribution in [3.63, 3.8) is 0 Å². The van der Waals surface area contributed by atoms with Crippen molar-refractivity contribution in [2.45, 2.75) is 51.2 Å². The maximum absolute atomic E-state index is 15.0. The summed E-state index contributed by atoms with van der Waals surface area (Å²) < 4.78 is 62.6. The molecule has 1 fully saturated rings. The molecule has 1 saturated carbocycles. The van der Waals surface area contributed by atoms with Gasteiger partial charge in [-0.15, -0.1) is 5.10 Å². The molecule has 1 aliphatic rings. The Balaban J connectivity index is 1.60. The van der Waals surface area contributed by atoms with Gasteiger partial charge in [0.15, 0.2) is 0 Å². The summed E-state index contributed by atoms with van der Waals surface area (Å²) in [5, 5.41) is 12.9. The van der Waals surface area contributed by atoms with Crippen LogP contribution in [0.5, 0.6) is 0 Å². The highest BCUT2D eigenvalue weighted by atomic mass is 19.3. The molecule has 11 nitrogen and oxygen atoms in total. The van der Waals surface area contributed by atoms with Crippen LogP contribution in [0.25, 0.3) is 0 Å². The van der Waals surface area contributed by atoms with E-state index in [2.05, 4.69) is 25.8 Å². The Hall–Kier alpha value is -4.27. The number of pyridine rings is 1. The van der Waals surface area contributed by atoms with Crippen LogP contribution in [0.2, 0.25) is 0 Å². The first-order valence-electron chi connectivity index (χ1n) is 12.9. The van der Waals surface area contributed by atoms with Gasteiger partial charge in [-0.25, -0.2) is 4.39 Å². The molecule has 4 rings (SSSR count). The fourth-order valence-electron chi connectivity index (χ4n) is 4.91. The van der Waals surface area contributed by atoms with Gasteiger partial charge in [0, 0.05) is 31.6 Å². The van der Waals surface area contributed by atoms with E-state index in [0.717, 1.165) is 23.1 Å². The normalized spacial score (nSPS) is 16.7. The number of carbonyl (C=O) groups is 2. The molecule has 1 aliphatic carbocycles. The maximum atomic E-state index is 15.0. The van der Waals surface area contributed by atoms with E-state index in [1.165, 1.54) is 24.1 Å². The number of aromatic nitrogens is 5. The topological polar surface area (TPSA) is 136 Å². The smallest absolute Gasteiger partial charge is 0.270 e. The van der Waals surface area contributed by atoms with Gasteiger partial charge in [0.25, 0.3) is 23.5 Å². The number of rotatable bonds is 10. The van der Waals surface area contributed by atoms with Crippen LogP contribution in [-0.2, 0) is 16.1 Å². The summed E-state index contributed by atoms with van der Waals surface area (Å²) in [5.74, 6) is -3.75. The van der Waals surface area contributed by atoms with E-state index in [1.807, 2.05) is 0 Å². The van der Waals surface area contributed by atoms with E-state index in [-0.39, 0.29) is 54.8 Å². The van der Waals surface area contributed by atoms with Gasteiger partial charge in [0.1, 0.15) is 29.3 Å². The third-order valence-electron chi connectivity index (χ3n) is 7.03. The average molecular weight is 580 g/mol. The number of ether oxygens (including phenoxy) is 1.